The van der Waals surface area contributed by atoms with E-state index in [1.807, 2.05) is 6.92 Å². The van der Waals surface area contributed by atoms with Crippen molar-refractivity contribution in [3.63, 3.8) is 0 Å². The minimum absolute atomic E-state index is 0.0578. The molecular formula is C10H15NO2. The maximum Gasteiger partial charge on any atom is 0.157 e. The van der Waals surface area contributed by atoms with Crippen molar-refractivity contribution >= 4 is 0 Å². The summed E-state index contributed by atoms with van der Waals surface area (Å²) < 4.78 is 0. The molecule has 0 bridgehead atoms. The molecule has 3 nitrogen and oxygen atoms in total. The molecule has 0 aliphatic carbocycles. The van der Waals surface area contributed by atoms with Crippen molar-refractivity contribution in [1.82, 2.24) is 0 Å². The first-order chi connectivity index (χ1) is 6.15. The summed E-state index contributed by atoms with van der Waals surface area (Å²) >= 11 is 0. The molecule has 0 aliphatic rings. The van der Waals surface area contributed by atoms with E-state index in [0.717, 1.165) is 24.0 Å². The predicted molar refractivity (Wildman–Crippen MR) is 51.9 cm³/mol. The molecule has 0 saturated carbocycles. The fraction of sp³-hybridized carbons (Fsp3) is 0.400. The van der Waals surface area contributed by atoms with Gasteiger partial charge in [0.2, 0.25) is 0 Å². The second-order valence-corrected chi connectivity index (χ2v) is 3.16. The van der Waals surface area contributed by atoms with Gasteiger partial charge in [-0.3, -0.25) is 0 Å². The van der Waals surface area contributed by atoms with Crippen LogP contribution in [0.1, 0.15) is 17.5 Å². The standard InChI is InChI=1S/C10H15NO2/c1-7-5-9(12)10(13)6-8(7)3-2-4-11/h5-6,12-13H,2-4,11H2,1H3. The predicted octanol–water partition coefficient (Wildman–Crippen LogP) is 1.30. The number of phenolic OH excluding ortho intramolecular Hbond substituents is 2. The first-order valence-corrected chi connectivity index (χ1v) is 4.36. The molecule has 4 N–H and O–H groups in total. The van der Waals surface area contributed by atoms with E-state index in [0.29, 0.717) is 6.54 Å². The molecule has 72 valence electrons. The molecule has 0 fully saturated rings. The first-order valence-electron chi connectivity index (χ1n) is 4.36. The van der Waals surface area contributed by atoms with Gasteiger partial charge in [-0.2, -0.15) is 0 Å². The number of aromatic hydroxyl groups is 2. The Morgan fingerprint density at radius 1 is 1.23 bits per heavy atom. The zero-order valence-electron chi connectivity index (χ0n) is 7.75. The second-order valence-electron chi connectivity index (χ2n) is 3.16. The van der Waals surface area contributed by atoms with Crippen molar-refractivity contribution in [3.8, 4) is 11.5 Å². The largest absolute Gasteiger partial charge is 0.504 e. The lowest BCUT2D eigenvalue weighted by molar-refractivity contribution is 0.402. The molecule has 0 spiro atoms. The lowest BCUT2D eigenvalue weighted by atomic mass is 10.0. The van der Waals surface area contributed by atoms with Crippen LogP contribution in [0.15, 0.2) is 12.1 Å². The van der Waals surface area contributed by atoms with Gasteiger partial charge in [-0.25, -0.2) is 0 Å². The van der Waals surface area contributed by atoms with Gasteiger partial charge in [-0.15, -0.1) is 0 Å². The number of aryl methyl sites for hydroxylation is 2. The third kappa shape index (κ3) is 2.36. The lowest BCUT2D eigenvalue weighted by Gasteiger charge is -2.06. The normalized spacial score (nSPS) is 10.3. The topological polar surface area (TPSA) is 66.5 Å². The summed E-state index contributed by atoms with van der Waals surface area (Å²) in [6.07, 6.45) is 1.74. The van der Waals surface area contributed by atoms with Crippen LogP contribution in [0, 0.1) is 6.92 Å². The van der Waals surface area contributed by atoms with Crippen LogP contribution in [-0.2, 0) is 6.42 Å². The number of hydrogen-bond acceptors (Lipinski definition) is 3. The van der Waals surface area contributed by atoms with E-state index in [1.165, 1.54) is 0 Å². The fourth-order valence-electron chi connectivity index (χ4n) is 1.29. The molecule has 0 saturated heterocycles. The van der Waals surface area contributed by atoms with Crippen LogP contribution < -0.4 is 5.73 Å². The van der Waals surface area contributed by atoms with Crippen molar-refractivity contribution in [2.75, 3.05) is 6.54 Å². The average molecular weight is 181 g/mol. The zero-order valence-corrected chi connectivity index (χ0v) is 7.75. The Labute approximate surface area is 77.8 Å². The Kier molecular flexibility index (Phi) is 3.14. The summed E-state index contributed by atoms with van der Waals surface area (Å²) in [7, 11) is 0. The van der Waals surface area contributed by atoms with Crippen molar-refractivity contribution in [2.45, 2.75) is 19.8 Å². The highest BCUT2D eigenvalue weighted by atomic mass is 16.3. The molecule has 0 radical (unpaired) electrons. The number of phenols is 2. The average Bonchev–Trinajstić information content (AvgIpc) is 2.09. The highest BCUT2D eigenvalue weighted by molar-refractivity contribution is 5.45. The van der Waals surface area contributed by atoms with E-state index < -0.39 is 0 Å². The van der Waals surface area contributed by atoms with Gasteiger partial charge in [0, 0.05) is 0 Å². The lowest BCUT2D eigenvalue weighted by Crippen LogP contribution is -2.01. The van der Waals surface area contributed by atoms with Crippen LogP contribution in [0.4, 0.5) is 0 Å². The van der Waals surface area contributed by atoms with E-state index in [1.54, 1.807) is 12.1 Å². The molecule has 0 atom stereocenters. The first kappa shape index (κ1) is 9.86. The highest BCUT2D eigenvalue weighted by Gasteiger charge is 2.04. The van der Waals surface area contributed by atoms with Gasteiger partial charge in [0.05, 0.1) is 0 Å². The SMILES string of the molecule is Cc1cc(O)c(O)cc1CCCN. The van der Waals surface area contributed by atoms with Gasteiger partial charge in [0.1, 0.15) is 0 Å². The Hall–Kier alpha value is -1.22. The van der Waals surface area contributed by atoms with E-state index in [2.05, 4.69) is 0 Å². The molecular weight excluding hydrogens is 166 g/mol. The molecule has 0 heterocycles. The van der Waals surface area contributed by atoms with Gasteiger partial charge in [0.15, 0.2) is 11.5 Å². The summed E-state index contributed by atoms with van der Waals surface area (Å²) in [6.45, 7) is 2.55. The monoisotopic (exact) mass is 181 g/mol. The molecule has 0 aliphatic heterocycles. The molecule has 0 amide bonds. The molecule has 0 unspecified atom stereocenters. The summed E-state index contributed by atoms with van der Waals surface area (Å²) in [5.41, 5.74) is 7.41. The Morgan fingerprint density at radius 2 is 1.85 bits per heavy atom. The molecule has 0 aromatic heterocycles. The molecule has 1 aromatic rings. The van der Waals surface area contributed by atoms with Crippen LogP contribution in [0.3, 0.4) is 0 Å². The smallest absolute Gasteiger partial charge is 0.157 e. The molecule has 13 heavy (non-hydrogen) atoms. The van der Waals surface area contributed by atoms with Crippen LogP contribution in [0.5, 0.6) is 11.5 Å². The zero-order chi connectivity index (χ0) is 9.84. The summed E-state index contributed by atoms with van der Waals surface area (Å²) in [5, 5.41) is 18.4. The van der Waals surface area contributed by atoms with E-state index >= 15 is 0 Å². The Balaban J connectivity index is 2.88. The van der Waals surface area contributed by atoms with E-state index in [-0.39, 0.29) is 11.5 Å². The van der Waals surface area contributed by atoms with E-state index in [9.17, 15) is 10.2 Å². The summed E-state index contributed by atoms with van der Waals surface area (Å²) in [5.74, 6) is -0.119. The molecule has 1 rings (SSSR count). The highest BCUT2D eigenvalue weighted by Crippen LogP contribution is 2.28. The second kappa shape index (κ2) is 4.14. The van der Waals surface area contributed by atoms with Gasteiger partial charge in [0.25, 0.3) is 0 Å². The van der Waals surface area contributed by atoms with Crippen LogP contribution in [0.25, 0.3) is 0 Å². The van der Waals surface area contributed by atoms with Crippen molar-refractivity contribution in [3.05, 3.63) is 23.3 Å². The van der Waals surface area contributed by atoms with Crippen molar-refractivity contribution < 1.29 is 10.2 Å². The number of benzene rings is 1. The summed E-state index contributed by atoms with van der Waals surface area (Å²) in [4.78, 5) is 0. The quantitative estimate of drug-likeness (QED) is 0.616. The third-order valence-electron chi connectivity index (χ3n) is 2.08. The van der Waals surface area contributed by atoms with Gasteiger partial charge in [-0.1, -0.05) is 0 Å². The minimum Gasteiger partial charge on any atom is -0.504 e. The van der Waals surface area contributed by atoms with Crippen molar-refractivity contribution in [1.29, 1.82) is 0 Å². The minimum atomic E-state index is -0.0611. The number of hydrogen-bond donors (Lipinski definition) is 3. The number of rotatable bonds is 3. The van der Waals surface area contributed by atoms with Gasteiger partial charge >= 0.3 is 0 Å². The van der Waals surface area contributed by atoms with Crippen LogP contribution >= 0.6 is 0 Å². The maximum atomic E-state index is 9.24. The van der Waals surface area contributed by atoms with Crippen molar-refractivity contribution in [2.24, 2.45) is 5.73 Å². The Morgan fingerprint density at radius 3 is 2.46 bits per heavy atom. The van der Waals surface area contributed by atoms with E-state index in [4.69, 9.17) is 5.73 Å². The molecule has 3 heteroatoms. The van der Waals surface area contributed by atoms with Crippen LogP contribution in [-0.4, -0.2) is 16.8 Å². The van der Waals surface area contributed by atoms with Crippen LogP contribution in [0.2, 0.25) is 0 Å². The maximum absolute atomic E-state index is 9.24. The molecule has 1 aromatic carbocycles. The van der Waals surface area contributed by atoms with Gasteiger partial charge in [-0.05, 0) is 49.6 Å². The van der Waals surface area contributed by atoms with Gasteiger partial charge < -0.3 is 15.9 Å². The third-order valence-corrected chi connectivity index (χ3v) is 2.08. The number of nitrogens with two attached hydrogens (primary N) is 1. The summed E-state index contributed by atoms with van der Waals surface area (Å²) in [6, 6.07) is 3.17. The fourth-order valence-corrected chi connectivity index (χ4v) is 1.29. The Bertz CT molecular complexity index is 297.